The van der Waals surface area contributed by atoms with Crippen molar-refractivity contribution in [2.24, 2.45) is 5.84 Å². The van der Waals surface area contributed by atoms with E-state index in [1.807, 2.05) is 6.92 Å². The number of hydrogen-bond acceptors (Lipinski definition) is 4. The maximum atomic E-state index is 11.4. The molecule has 2 atom stereocenters. The molecule has 1 heterocycles. The van der Waals surface area contributed by atoms with Crippen molar-refractivity contribution in [1.82, 2.24) is 15.2 Å². The zero-order valence-electron chi connectivity index (χ0n) is 10.6. The van der Waals surface area contributed by atoms with E-state index in [4.69, 9.17) is 5.84 Å². The first kappa shape index (κ1) is 13.4. The average molecular weight is 228 g/mol. The van der Waals surface area contributed by atoms with E-state index in [1.165, 1.54) is 0 Å². The van der Waals surface area contributed by atoms with Gasteiger partial charge in [0.2, 0.25) is 0 Å². The number of amides is 1. The predicted octanol–water partition coefficient (Wildman–Crippen LogP) is -0.219. The van der Waals surface area contributed by atoms with E-state index in [0.29, 0.717) is 6.04 Å². The molecular formula is C11H24N4O. The van der Waals surface area contributed by atoms with Crippen molar-refractivity contribution in [1.29, 1.82) is 0 Å². The standard InChI is InChI=1S/C11H24N4O/c1-4-14(5-2)10-6-7-15(8-10)9(3)11(16)13-12/h9-10H,4-8,12H2,1-3H3,(H,13,16). The first-order valence-electron chi connectivity index (χ1n) is 6.12. The van der Waals surface area contributed by atoms with E-state index in [1.54, 1.807) is 0 Å². The molecule has 94 valence electrons. The van der Waals surface area contributed by atoms with Crippen molar-refractivity contribution in [2.75, 3.05) is 26.2 Å². The largest absolute Gasteiger partial charge is 0.300 e. The smallest absolute Gasteiger partial charge is 0.250 e. The van der Waals surface area contributed by atoms with E-state index < -0.39 is 0 Å². The van der Waals surface area contributed by atoms with Gasteiger partial charge in [0.1, 0.15) is 0 Å². The Balaban J connectivity index is 2.48. The number of carbonyl (C=O) groups is 1. The summed E-state index contributed by atoms with van der Waals surface area (Å²) in [5.41, 5.74) is 2.22. The molecular weight excluding hydrogens is 204 g/mol. The Labute approximate surface area is 97.9 Å². The van der Waals surface area contributed by atoms with Gasteiger partial charge in [-0.3, -0.25) is 20.0 Å². The summed E-state index contributed by atoms with van der Waals surface area (Å²) in [5, 5.41) is 0. The molecule has 1 aliphatic heterocycles. The van der Waals surface area contributed by atoms with Gasteiger partial charge in [-0.25, -0.2) is 5.84 Å². The van der Waals surface area contributed by atoms with Crippen molar-refractivity contribution >= 4 is 5.91 Å². The molecule has 0 radical (unpaired) electrons. The number of nitrogens with two attached hydrogens (primary N) is 1. The first-order valence-corrected chi connectivity index (χ1v) is 6.12. The second kappa shape index (κ2) is 6.18. The topological polar surface area (TPSA) is 61.6 Å². The number of nitrogens with zero attached hydrogens (tertiary/aromatic N) is 2. The molecule has 0 spiro atoms. The fraction of sp³-hybridized carbons (Fsp3) is 0.909. The normalized spacial score (nSPS) is 23.7. The third-order valence-corrected chi connectivity index (χ3v) is 3.59. The van der Waals surface area contributed by atoms with Gasteiger partial charge in [-0.15, -0.1) is 0 Å². The number of nitrogens with one attached hydrogen (secondary N) is 1. The summed E-state index contributed by atoms with van der Waals surface area (Å²) in [6.45, 7) is 10.4. The highest BCUT2D eigenvalue weighted by molar-refractivity contribution is 5.80. The lowest BCUT2D eigenvalue weighted by Crippen LogP contribution is -2.47. The Kier molecular flexibility index (Phi) is 5.18. The molecule has 0 aromatic carbocycles. The number of carbonyl (C=O) groups excluding carboxylic acids is 1. The van der Waals surface area contributed by atoms with E-state index in [0.717, 1.165) is 32.6 Å². The summed E-state index contributed by atoms with van der Waals surface area (Å²) >= 11 is 0. The summed E-state index contributed by atoms with van der Waals surface area (Å²) in [6, 6.07) is 0.466. The second-order valence-corrected chi connectivity index (χ2v) is 4.34. The molecule has 16 heavy (non-hydrogen) atoms. The van der Waals surface area contributed by atoms with Crippen molar-refractivity contribution < 1.29 is 4.79 Å². The first-order chi connectivity index (χ1) is 7.63. The number of rotatable bonds is 5. The van der Waals surface area contributed by atoms with Gasteiger partial charge in [0.15, 0.2) is 0 Å². The minimum Gasteiger partial charge on any atom is -0.300 e. The molecule has 5 nitrogen and oxygen atoms in total. The Morgan fingerprint density at radius 3 is 2.69 bits per heavy atom. The van der Waals surface area contributed by atoms with Crippen LogP contribution in [0.15, 0.2) is 0 Å². The monoisotopic (exact) mass is 228 g/mol. The highest BCUT2D eigenvalue weighted by Gasteiger charge is 2.31. The third-order valence-electron chi connectivity index (χ3n) is 3.59. The van der Waals surface area contributed by atoms with E-state index >= 15 is 0 Å². The molecule has 0 aliphatic carbocycles. The molecule has 0 aromatic heterocycles. The quantitative estimate of drug-likeness (QED) is 0.388. The molecule has 1 aliphatic rings. The van der Waals surface area contributed by atoms with Gasteiger partial charge in [0.25, 0.3) is 5.91 Å². The van der Waals surface area contributed by atoms with Gasteiger partial charge in [0.05, 0.1) is 6.04 Å². The highest BCUT2D eigenvalue weighted by atomic mass is 16.2. The van der Waals surface area contributed by atoms with Gasteiger partial charge < -0.3 is 0 Å². The molecule has 1 amide bonds. The summed E-state index contributed by atoms with van der Waals surface area (Å²) in [5.74, 6) is 5.05. The summed E-state index contributed by atoms with van der Waals surface area (Å²) < 4.78 is 0. The van der Waals surface area contributed by atoms with E-state index in [2.05, 4.69) is 29.1 Å². The fourth-order valence-electron chi connectivity index (χ4n) is 2.44. The van der Waals surface area contributed by atoms with Crippen LogP contribution in [0.25, 0.3) is 0 Å². The van der Waals surface area contributed by atoms with Gasteiger partial charge in [-0.2, -0.15) is 0 Å². The Morgan fingerprint density at radius 2 is 2.19 bits per heavy atom. The van der Waals surface area contributed by atoms with Crippen LogP contribution in [0, 0.1) is 0 Å². The van der Waals surface area contributed by atoms with Crippen molar-refractivity contribution in [3.8, 4) is 0 Å². The molecule has 0 aromatic rings. The average Bonchev–Trinajstić information content (AvgIpc) is 2.78. The minimum absolute atomic E-state index is 0.0970. The van der Waals surface area contributed by atoms with Crippen LogP contribution in [0.1, 0.15) is 27.2 Å². The molecule has 1 fully saturated rings. The summed E-state index contributed by atoms with van der Waals surface area (Å²) in [7, 11) is 0. The maximum Gasteiger partial charge on any atom is 0.250 e. The summed E-state index contributed by atoms with van der Waals surface area (Å²) in [6.07, 6.45) is 1.14. The van der Waals surface area contributed by atoms with Crippen LogP contribution in [-0.4, -0.2) is 54.0 Å². The Bertz CT molecular complexity index is 230. The Hall–Kier alpha value is -0.650. The fourth-order valence-corrected chi connectivity index (χ4v) is 2.44. The lowest BCUT2D eigenvalue weighted by atomic mass is 10.2. The SMILES string of the molecule is CCN(CC)C1CCN(C(C)C(=O)NN)C1. The zero-order chi connectivity index (χ0) is 12.1. The van der Waals surface area contributed by atoms with E-state index in [9.17, 15) is 4.79 Å². The van der Waals surface area contributed by atoms with E-state index in [-0.39, 0.29) is 11.9 Å². The van der Waals surface area contributed by atoms with Crippen LogP contribution >= 0.6 is 0 Å². The van der Waals surface area contributed by atoms with Crippen molar-refractivity contribution in [3.63, 3.8) is 0 Å². The molecule has 0 bridgehead atoms. The lowest BCUT2D eigenvalue weighted by Gasteiger charge is -2.27. The van der Waals surface area contributed by atoms with Crippen molar-refractivity contribution in [3.05, 3.63) is 0 Å². The molecule has 1 rings (SSSR count). The van der Waals surface area contributed by atoms with Crippen LogP contribution in [-0.2, 0) is 4.79 Å². The van der Waals surface area contributed by atoms with Crippen LogP contribution in [0.4, 0.5) is 0 Å². The number of likely N-dealkylation sites (tertiary alicyclic amines) is 1. The van der Waals surface area contributed by atoms with Crippen LogP contribution < -0.4 is 11.3 Å². The molecule has 3 N–H and O–H groups in total. The highest BCUT2D eigenvalue weighted by Crippen LogP contribution is 2.17. The van der Waals surface area contributed by atoms with Crippen LogP contribution in [0.3, 0.4) is 0 Å². The molecule has 2 unspecified atom stereocenters. The second-order valence-electron chi connectivity index (χ2n) is 4.34. The molecule has 1 saturated heterocycles. The van der Waals surface area contributed by atoms with Crippen LogP contribution in [0.5, 0.6) is 0 Å². The number of likely N-dealkylation sites (N-methyl/N-ethyl adjacent to an activating group) is 1. The lowest BCUT2D eigenvalue weighted by molar-refractivity contribution is -0.125. The van der Waals surface area contributed by atoms with Gasteiger partial charge in [-0.1, -0.05) is 13.8 Å². The van der Waals surface area contributed by atoms with Gasteiger partial charge >= 0.3 is 0 Å². The molecule has 5 heteroatoms. The molecule has 0 saturated carbocycles. The third kappa shape index (κ3) is 2.93. The minimum atomic E-state index is -0.120. The van der Waals surface area contributed by atoms with Gasteiger partial charge in [0, 0.05) is 19.1 Å². The van der Waals surface area contributed by atoms with Crippen LogP contribution in [0.2, 0.25) is 0 Å². The van der Waals surface area contributed by atoms with Crippen molar-refractivity contribution in [2.45, 2.75) is 39.3 Å². The Morgan fingerprint density at radius 1 is 1.56 bits per heavy atom. The number of hydrazine groups is 1. The predicted molar refractivity (Wildman–Crippen MR) is 64.7 cm³/mol. The zero-order valence-corrected chi connectivity index (χ0v) is 10.6. The maximum absolute atomic E-state index is 11.4. The summed E-state index contributed by atoms with van der Waals surface area (Å²) in [4.78, 5) is 16.1. The number of hydrogen-bond donors (Lipinski definition) is 2. The van der Waals surface area contributed by atoms with Gasteiger partial charge in [-0.05, 0) is 26.4 Å².